The average Bonchev–Trinajstić information content (AvgIpc) is 2.97. The summed E-state index contributed by atoms with van der Waals surface area (Å²) in [4.78, 5) is 12.2. The standard InChI is InChI=1S/C17H21ClN4O3/c1-25-6-5-22-15(10-23)20-21-16(22)12-8-14(9-12)19-17(24)11-3-2-4-13(18)7-11/h2-4,7,12,14,23H,5-6,8-10H2,1H3,(H,19,24). The molecule has 0 radical (unpaired) electrons. The maximum Gasteiger partial charge on any atom is 0.251 e. The van der Waals surface area contributed by atoms with Crippen molar-refractivity contribution in [2.45, 2.75) is 38.0 Å². The molecule has 0 atom stereocenters. The Kier molecular flexibility index (Phi) is 5.67. The third kappa shape index (κ3) is 4.00. The molecule has 0 spiro atoms. The maximum atomic E-state index is 12.2. The van der Waals surface area contributed by atoms with Crippen molar-refractivity contribution in [3.63, 3.8) is 0 Å². The average molecular weight is 365 g/mol. The van der Waals surface area contributed by atoms with Crippen LogP contribution >= 0.6 is 11.6 Å². The smallest absolute Gasteiger partial charge is 0.251 e. The minimum Gasteiger partial charge on any atom is -0.388 e. The summed E-state index contributed by atoms with van der Waals surface area (Å²) in [5, 5.41) is 21.2. The summed E-state index contributed by atoms with van der Waals surface area (Å²) in [5.74, 6) is 1.48. The summed E-state index contributed by atoms with van der Waals surface area (Å²) in [6, 6.07) is 6.99. The van der Waals surface area contributed by atoms with Gasteiger partial charge in [0.05, 0.1) is 6.61 Å². The normalized spacial score (nSPS) is 19.5. The van der Waals surface area contributed by atoms with E-state index in [1.165, 1.54) is 0 Å². The Morgan fingerprint density at radius 3 is 2.92 bits per heavy atom. The Morgan fingerprint density at radius 1 is 1.44 bits per heavy atom. The molecule has 1 aliphatic carbocycles. The number of carbonyl (C=O) groups excluding carboxylic acids is 1. The number of nitrogens with zero attached hydrogens (tertiary/aromatic N) is 3. The van der Waals surface area contributed by atoms with Crippen molar-refractivity contribution in [3.05, 3.63) is 46.5 Å². The van der Waals surface area contributed by atoms with Gasteiger partial charge in [0.15, 0.2) is 5.82 Å². The summed E-state index contributed by atoms with van der Waals surface area (Å²) in [6.07, 6.45) is 1.59. The van der Waals surface area contributed by atoms with Gasteiger partial charge in [-0.1, -0.05) is 17.7 Å². The van der Waals surface area contributed by atoms with Gasteiger partial charge in [-0.15, -0.1) is 10.2 Å². The lowest BCUT2D eigenvalue weighted by Gasteiger charge is -2.35. The molecular weight excluding hydrogens is 344 g/mol. The van der Waals surface area contributed by atoms with Crippen LogP contribution in [-0.4, -0.2) is 45.5 Å². The van der Waals surface area contributed by atoms with E-state index in [4.69, 9.17) is 16.3 Å². The van der Waals surface area contributed by atoms with Crippen molar-refractivity contribution < 1.29 is 14.6 Å². The van der Waals surface area contributed by atoms with Crippen LogP contribution in [0.15, 0.2) is 24.3 Å². The van der Waals surface area contributed by atoms with Gasteiger partial charge in [-0.25, -0.2) is 0 Å². The van der Waals surface area contributed by atoms with Gasteiger partial charge in [0, 0.05) is 36.2 Å². The fraction of sp³-hybridized carbons (Fsp3) is 0.471. The molecule has 1 fully saturated rings. The summed E-state index contributed by atoms with van der Waals surface area (Å²) in [5.41, 5.74) is 0.557. The molecule has 1 aliphatic rings. The number of hydrogen-bond donors (Lipinski definition) is 2. The Hall–Kier alpha value is -1.96. The van der Waals surface area contributed by atoms with Crippen molar-refractivity contribution in [2.75, 3.05) is 13.7 Å². The van der Waals surface area contributed by atoms with Crippen molar-refractivity contribution in [1.29, 1.82) is 0 Å². The zero-order valence-electron chi connectivity index (χ0n) is 14.0. The van der Waals surface area contributed by atoms with Crippen molar-refractivity contribution in [2.24, 2.45) is 0 Å². The van der Waals surface area contributed by atoms with Gasteiger partial charge in [0.2, 0.25) is 0 Å². The Labute approximate surface area is 151 Å². The van der Waals surface area contributed by atoms with Crippen LogP contribution in [0.4, 0.5) is 0 Å². The molecule has 1 aromatic heterocycles. The van der Waals surface area contributed by atoms with Crippen LogP contribution in [0, 0.1) is 0 Å². The highest BCUT2D eigenvalue weighted by molar-refractivity contribution is 6.30. The monoisotopic (exact) mass is 364 g/mol. The lowest BCUT2D eigenvalue weighted by molar-refractivity contribution is 0.0906. The van der Waals surface area contributed by atoms with Crippen LogP contribution < -0.4 is 5.32 Å². The Bertz CT molecular complexity index is 743. The molecule has 0 bridgehead atoms. The number of nitrogens with one attached hydrogen (secondary N) is 1. The fourth-order valence-corrected chi connectivity index (χ4v) is 3.23. The summed E-state index contributed by atoms with van der Waals surface area (Å²) in [6.45, 7) is 0.975. The zero-order chi connectivity index (χ0) is 17.8. The van der Waals surface area contributed by atoms with Crippen LogP contribution in [0.3, 0.4) is 0 Å². The van der Waals surface area contributed by atoms with Gasteiger partial charge < -0.3 is 19.7 Å². The van der Waals surface area contributed by atoms with Gasteiger partial charge >= 0.3 is 0 Å². The lowest BCUT2D eigenvalue weighted by Crippen LogP contribution is -2.44. The van der Waals surface area contributed by atoms with Gasteiger partial charge in [0.1, 0.15) is 12.4 Å². The molecule has 134 valence electrons. The largest absolute Gasteiger partial charge is 0.388 e. The number of aromatic nitrogens is 3. The Balaban J connectivity index is 1.59. The van der Waals surface area contributed by atoms with E-state index in [-0.39, 0.29) is 24.5 Å². The Morgan fingerprint density at radius 2 is 2.24 bits per heavy atom. The molecule has 0 saturated heterocycles. The second-order valence-corrected chi connectivity index (χ2v) is 6.56. The maximum absolute atomic E-state index is 12.2. The van der Waals surface area contributed by atoms with E-state index in [1.54, 1.807) is 31.4 Å². The minimum absolute atomic E-state index is 0.0987. The molecule has 2 N–H and O–H groups in total. The molecule has 25 heavy (non-hydrogen) atoms. The van der Waals surface area contributed by atoms with Crippen molar-refractivity contribution in [3.8, 4) is 0 Å². The van der Waals surface area contributed by atoms with E-state index < -0.39 is 0 Å². The zero-order valence-corrected chi connectivity index (χ0v) is 14.7. The highest BCUT2D eigenvalue weighted by atomic mass is 35.5. The summed E-state index contributed by atoms with van der Waals surface area (Å²) < 4.78 is 7.01. The molecule has 2 aromatic rings. The number of carbonyl (C=O) groups is 1. The van der Waals surface area contributed by atoms with E-state index in [1.807, 2.05) is 4.57 Å². The van der Waals surface area contributed by atoms with Crippen molar-refractivity contribution >= 4 is 17.5 Å². The third-order valence-corrected chi connectivity index (χ3v) is 4.68. The third-order valence-electron chi connectivity index (χ3n) is 4.44. The van der Waals surface area contributed by atoms with Crippen LogP contribution in [0.1, 0.15) is 40.8 Å². The van der Waals surface area contributed by atoms with Crippen LogP contribution in [0.5, 0.6) is 0 Å². The summed E-state index contributed by atoms with van der Waals surface area (Å²) >= 11 is 5.92. The quantitative estimate of drug-likeness (QED) is 0.781. The predicted octanol–water partition coefficient (Wildman–Crippen LogP) is 1.75. The first-order valence-corrected chi connectivity index (χ1v) is 8.58. The molecule has 1 saturated carbocycles. The van der Waals surface area contributed by atoms with Crippen LogP contribution in [0.2, 0.25) is 5.02 Å². The molecule has 3 rings (SSSR count). The van der Waals surface area contributed by atoms with Gasteiger partial charge in [-0.05, 0) is 31.0 Å². The van der Waals surface area contributed by atoms with Crippen LogP contribution in [0.25, 0.3) is 0 Å². The first kappa shape index (κ1) is 17.8. The molecule has 0 aliphatic heterocycles. The van der Waals surface area contributed by atoms with Gasteiger partial charge in [-0.3, -0.25) is 4.79 Å². The second kappa shape index (κ2) is 7.95. The topological polar surface area (TPSA) is 89.3 Å². The number of rotatable bonds is 7. The van der Waals surface area contributed by atoms with E-state index >= 15 is 0 Å². The molecule has 0 unspecified atom stereocenters. The van der Waals surface area contributed by atoms with E-state index in [0.717, 1.165) is 18.7 Å². The first-order chi connectivity index (χ1) is 12.1. The SMILES string of the molecule is COCCn1c(CO)nnc1C1CC(NC(=O)c2cccc(Cl)c2)C1. The van der Waals surface area contributed by atoms with Gasteiger partial charge in [0.25, 0.3) is 5.91 Å². The number of ether oxygens (including phenoxy) is 1. The predicted molar refractivity (Wildman–Crippen MR) is 92.5 cm³/mol. The molecular formula is C17H21ClN4O3. The molecule has 8 heteroatoms. The molecule has 1 amide bonds. The van der Waals surface area contributed by atoms with E-state index in [2.05, 4.69) is 15.5 Å². The number of aliphatic hydroxyl groups excluding tert-OH is 1. The number of benzene rings is 1. The minimum atomic E-state index is -0.154. The number of methoxy groups -OCH3 is 1. The lowest BCUT2D eigenvalue weighted by atomic mass is 9.79. The number of amides is 1. The number of halogens is 1. The highest BCUT2D eigenvalue weighted by Gasteiger charge is 2.35. The number of hydrogen-bond acceptors (Lipinski definition) is 5. The van der Waals surface area contributed by atoms with E-state index in [9.17, 15) is 9.90 Å². The number of aliphatic hydroxyl groups is 1. The molecule has 1 aromatic carbocycles. The second-order valence-electron chi connectivity index (χ2n) is 6.13. The first-order valence-electron chi connectivity index (χ1n) is 8.20. The van der Waals surface area contributed by atoms with Crippen molar-refractivity contribution in [1.82, 2.24) is 20.1 Å². The fourth-order valence-electron chi connectivity index (χ4n) is 3.04. The highest BCUT2D eigenvalue weighted by Crippen LogP contribution is 2.36. The van der Waals surface area contributed by atoms with E-state index in [0.29, 0.717) is 29.6 Å². The molecule has 1 heterocycles. The molecule has 7 nitrogen and oxygen atoms in total. The van der Waals surface area contributed by atoms with Gasteiger partial charge in [-0.2, -0.15) is 0 Å². The van der Waals surface area contributed by atoms with Crippen LogP contribution in [-0.2, 0) is 17.9 Å². The summed E-state index contributed by atoms with van der Waals surface area (Å²) in [7, 11) is 1.63.